The van der Waals surface area contributed by atoms with E-state index in [1.165, 1.54) is 0 Å². The predicted molar refractivity (Wildman–Crippen MR) is 87.4 cm³/mol. The monoisotopic (exact) mass is 310 g/mol. The van der Waals surface area contributed by atoms with Crippen molar-refractivity contribution in [3.63, 3.8) is 0 Å². The molecule has 4 N–H and O–H groups in total. The molecule has 0 spiro atoms. The zero-order valence-corrected chi connectivity index (χ0v) is 12.7. The quantitative estimate of drug-likeness (QED) is 0.505. The summed E-state index contributed by atoms with van der Waals surface area (Å²) in [7, 11) is 0. The molecule has 6 nitrogen and oxygen atoms in total. The van der Waals surface area contributed by atoms with Crippen LogP contribution in [0.25, 0.3) is 16.7 Å². The molecule has 1 heterocycles. The number of nitrogens with one attached hydrogen (secondary N) is 1. The summed E-state index contributed by atoms with van der Waals surface area (Å²) in [6.45, 7) is 2.03. The van der Waals surface area contributed by atoms with Gasteiger partial charge in [-0.3, -0.25) is 14.6 Å². The molecular formula is C17H18N4O2. The Balaban J connectivity index is 2.11. The van der Waals surface area contributed by atoms with E-state index in [9.17, 15) is 4.79 Å². The van der Waals surface area contributed by atoms with Crippen LogP contribution in [0.15, 0.2) is 48.5 Å². The lowest BCUT2D eigenvalue weighted by atomic mass is 10.2. The summed E-state index contributed by atoms with van der Waals surface area (Å²) in [4.78, 5) is 16.1. The molecule has 0 aliphatic heterocycles. The van der Waals surface area contributed by atoms with Gasteiger partial charge in [-0.2, -0.15) is 0 Å². The molecule has 6 heteroatoms. The largest absolute Gasteiger partial charge is 0.319 e. The number of hydrogen-bond donors (Lipinski definition) is 3. The Morgan fingerprint density at radius 1 is 1.26 bits per heavy atom. The van der Waals surface area contributed by atoms with Gasteiger partial charge >= 0.3 is 0 Å². The van der Waals surface area contributed by atoms with Gasteiger partial charge in [0.1, 0.15) is 5.82 Å². The molecule has 0 aliphatic carbocycles. The van der Waals surface area contributed by atoms with Crippen molar-refractivity contribution >= 4 is 16.9 Å². The Morgan fingerprint density at radius 3 is 2.65 bits per heavy atom. The number of hydrogen-bond acceptors (Lipinski definition) is 4. The number of rotatable bonds is 4. The van der Waals surface area contributed by atoms with E-state index < -0.39 is 11.9 Å². The van der Waals surface area contributed by atoms with Crippen LogP contribution in [0.1, 0.15) is 11.4 Å². The van der Waals surface area contributed by atoms with Gasteiger partial charge in [-0.25, -0.2) is 10.5 Å². The van der Waals surface area contributed by atoms with Gasteiger partial charge in [-0.05, 0) is 31.2 Å². The maximum absolute atomic E-state index is 11.5. The number of amides is 1. The third-order valence-corrected chi connectivity index (χ3v) is 3.77. The lowest BCUT2D eigenvalue weighted by Crippen LogP contribution is -2.41. The summed E-state index contributed by atoms with van der Waals surface area (Å²) >= 11 is 0. The number of fused-ring (bicyclic) bond motifs is 1. The van der Waals surface area contributed by atoms with E-state index >= 15 is 0 Å². The fourth-order valence-corrected chi connectivity index (χ4v) is 2.57. The van der Waals surface area contributed by atoms with Gasteiger partial charge in [-0.15, -0.1) is 0 Å². The van der Waals surface area contributed by atoms with Crippen molar-refractivity contribution in [1.82, 2.24) is 15.0 Å². The van der Waals surface area contributed by atoms with Crippen molar-refractivity contribution in [3.8, 4) is 5.69 Å². The Labute approximate surface area is 133 Å². The van der Waals surface area contributed by atoms with Gasteiger partial charge in [0.15, 0.2) is 0 Å². The predicted octanol–water partition coefficient (Wildman–Crippen LogP) is 1.71. The Hall–Kier alpha value is -2.70. The molecule has 1 amide bonds. The van der Waals surface area contributed by atoms with Crippen LogP contribution in [0.5, 0.6) is 0 Å². The van der Waals surface area contributed by atoms with E-state index in [1.54, 1.807) is 5.48 Å². The molecule has 0 saturated heterocycles. The number of aryl methyl sites for hydroxylation is 1. The van der Waals surface area contributed by atoms with Crippen molar-refractivity contribution in [2.75, 3.05) is 0 Å². The smallest absolute Gasteiger partial charge is 0.260 e. The van der Waals surface area contributed by atoms with Crippen LogP contribution in [0.4, 0.5) is 0 Å². The minimum Gasteiger partial charge on any atom is -0.319 e. The highest BCUT2D eigenvalue weighted by atomic mass is 16.5. The number of nitrogens with zero attached hydrogens (tertiary/aromatic N) is 2. The Bertz CT molecular complexity index is 839. The van der Waals surface area contributed by atoms with Gasteiger partial charge in [0.05, 0.1) is 17.1 Å². The van der Waals surface area contributed by atoms with E-state index in [0.717, 1.165) is 22.3 Å². The first-order valence-electron chi connectivity index (χ1n) is 7.33. The summed E-state index contributed by atoms with van der Waals surface area (Å²) in [6.07, 6.45) is 0.217. The van der Waals surface area contributed by atoms with E-state index in [2.05, 4.69) is 4.98 Å². The topological polar surface area (TPSA) is 93.2 Å². The van der Waals surface area contributed by atoms with E-state index in [0.29, 0.717) is 5.82 Å². The van der Waals surface area contributed by atoms with Gasteiger partial charge in [0.2, 0.25) is 0 Å². The number of nitrogens with two attached hydrogens (primary N) is 1. The standard InChI is InChI=1S/C17H18N4O2/c1-11-6-8-12(9-7-11)21-15-5-3-2-4-14(15)19-16(21)10-13(18)17(22)20-23/h2-9,13,23H,10,18H2,1H3,(H,20,22). The lowest BCUT2D eigenvalue weighted by molar-refractivity contribution is -0.130. The summed E-state index contributed by atoms with van der Waals surface area (Å²) in [5.74, 6) is 0.0404. The molecule has 2 aromatic carbocycles. The van der Waals surface area contributed by atoms with Crippen LogP contribution in [-0.4, -0.2) is 26.7 Å². The molecule has 3 rings (SSSR count). The fraction of sp³-hybridized carbons (Fsp3) is 0.176. The normalized spacial score (nSPS) is 12.3. The first-order valence-corrected chi connectivity index (χ1v) is 7.33. The zero-order chi connectivity index (χ0) is 16.4. The first-order chi connectivity index (χ1) is 11.1. The third kappa shape index (κ3) is 2.94. The van der Waals surface area contributed by atoms with Gasteiger partial charge in [0.25, 0.3) is 5.91 Å². The maximum atomic E-state index is 11.5. The Kier molecular flexibility index (Phi) is 4.10. The van der Waals surface area contributed by atoms with Gasteiger partial charge < -0.3 is 5.73 Å². The number of aromatic nitrogens is 2. The minimum absolute atomic E-state index is 0.217. The van der Waals surface area contributed by atoms with Crippen molar-refractivity contribution in [1.29, 1.82) is 0 Å². The minimum atomic E-state index is -0.874. The van der Waals surface area contributed by atoms with Crippen molar-refractivity contribution in [3.05, 3.63) is 59.9 Å². The molecule has 23 heavy (non-hydrogen) atoms. The molecule has 0 aliphatic rings. The third-order valence-electron chi connectivity index (χ3n) is 3.77. The van der Waals surface area contributed by atoms with Crippen LogP contribution in [-0.2, 0) is 11.2 Å². The van der Waals surface area contributed by atoms with Crippen molar-refractivity contribution in [2.45, 2.75) is 19.4 Å². The molecule has 118 valence electrons. The van der Waals surface area contributed by atoms with Gasteiger partial charge in [-0.1, -0.05) is 29.8 Å². The molecule has 1 atom stereocenters. The van der Waals surface area contributed by atoms with Crippen molar-refractivity contribution in [2.24, 2.45) is 5.73 Å². The van der Waals surface area contributed by atoms with Gasteiger partial charge in [0, 0.05) is 12.1 Å². The molecule has 3 aromatic rings. The highest BCUT2D eigenvalue weighted by molar-refractivity contribution is 5.81. The maximum Gasteiger partial charge on any atom is 0.260 e. The second kappa shape index (κ2) is 6.20. The van der Waals surface area contributed by atoms with Crippen LogP contribution in [0.2, 0.25) is 0 Å². The van der Waals surface area contributed by atoms with Crippen LogP contribution >= 0.6 is 0 Å². The Morgan fingerprint density at radius 2 is 1.96 bits per heavy atom. The van der Waals surface area contributed by atoms with Crippen LogP contribution < -0.4 is 11.2 Å². The van der Waals surface area contributed by atoms with E-state index in [4.69, 9.17) is 10.9 Å². The van der Waals surface area contributed by atoms with Crippen LogP contribution in [0.3, 0.4) is 0 Å². The molecule has 0 radical (unpaired) electrons. The number of carbonyl (C=O) groups is 1. The molecular weight excluding hydrogens is 292 g/mol. The SMILES string of the molecule is Cc1ccc(-n2c(CC(N)C(=O)NO)nc3ccccc32)cc1. The number of imidazole rings is 1. The lowest BCUT2D eigenvalue weighted by Gasteiger charge is -2.12. The number of benzene rings is 2. The summed E-state index contributed by atoms with van der Waals surface area (Å²) < 4.78 is 1.99. The average Bonchev–Trinajstić information content (AvgIpc) is 2.92. The molecule has 1 unspecified atom stereocenters. The molecule has 0 fully saturated rings. The van der Waals surface area contributed by atoms with E-state index in [-0.39, 0.29) is 6.42 Å². The second-order valence-electron chi connectivity index (χ2n) is 5.47. The summed E-state index contributed by atoms with van der Waals surface area (Å²) in [5.41, 5.74) is 11.3. The molecule has 0 bridgehead atoms. The first kappa shape index (κ1) is 15.2. The second-order valence-corrected chi connectivity index (χ2v) is 5.47. The average molecular weight is 310 g/mol. The summed E-state index contributed by atoms with van der Waals surface area (Å²) in [6, 6.07) is 14.9. The zero-order valence-electron chi connectivity index (χ0n) is 12.7. The fourth-order valence-electron chi connectivity index (χ4n) is 2.57. The molecule has 1 aromatic heterocycles. The summed E-state index contributed by atoms with van der Waals surface area (Å²) in [5, 5.41) is 8.73. The van der Waals surface area contributed by atoms with E-state index in [1.807, 2.05) is 60.0 Å². The number of hydroxylamine groups is 1. The van der Waals surface area contributed by atoms with Crippen molar-refractivity contribution < 1.29 is 10.0 Å². The molecule has 0 saturated carbocycles. The van der Waals surface area contributed by atoms with Crippen LogP contribution in [0, 0.1) is 6.92 Å². The number of carbonyl (C=O) groups excluding carboxylic acids is 1. The number of para-hydroxylation sites is 2. The highest BCUT2D eigenvalue weighted by Crippen LogP contribution is 2.22. The highest BCUT2D eigenvalue weighted by Gasteiger charge is 2.19.